The number of hydrogen-bond donors (Lipinski definition) is 2. The van der Waals surface area contributed by atoms with Crippen molar-refractivity contribution in [1.29, 1.82) is 0 Å². The van der Waals surface area contributed by atoms with Crippen LogP contribution in [0, 0.1) is 5.92 Å². The molecule has 0 atom stereocenters. The fourth-order valence-electron chi connectivity index (χ4n) is 1.40. The van der Waals surface area contributed by atoms with E-state index >= 15 is 0 Å². The summed E-state index contributed by atoms with van der Waals surface area (Å²) in [7, 11) is -3.34. The average Bonchev–Trinajstić information content (AvgIpc) is 3.00. The third kappa shape index (κ3) is 3.42. The van der Waals surface area contributed by atoms with Crippen molar-refractivity contribution in [3.05, 3.63) is 24.0 Å². The lowest BCUT2D eigenvalue weighted by molar-refractivity contribution is 0.0690. The summed E-state index contributed by atoms with van der Waals surface area (Å²) < 4.78 is 25.6. The fourth-order valence-corrected chi connectivity index (χ4v) is 2.91. The van der Waals surface area contributed by atoms with E-state index in [1.165, 1.54) is 18.3 Å². The average molecular weight is 256 g/mol. The quantitative estimate of drug-likeness (QED) is 0.817. The minimum absolute atomic E-state index is 0.116. The second kappa shape index (κ2) is 4.33. The molecule has 0 unspecified atom stereocenters. The molecule has 6 nitrogen and oxygen atoms in total. The van der Waals surface area contributed by atoms with Gasteiger partial charge in [0, 0.05) is 0 Å². The fraction of sp³-hybridized carbons (Fsp3) is 0.400. The number of pyridine rings is 1. The minimum Gasteiger partial charge on any atom is -0.477 e. The van der Waals surface area contributed by atoms with Crippen molar-refractivity contribution in [2.75, 3.05) is 10.5 Å². The number of carbonyl (C=O) groups is 1. The molecule has 2 rings (SSSR count). The molecule has 0 aromatic carbocycles. The van der Waals surface area contributed by atoms with Crippen molar-refractivity contribution < 1.29 is 18.3 Å². The van der Waals surface area contributed by atoms with E-state index in [0.717, 1.165) is 12.8 Å². The molecule has 1 fully saturated rings. The summed E-state index contributed by atoms with van der Waals surface area (Å²) in [4.78, 5) is 14.2. The highest BCUT2D eigenvalue weighted by Crippen LogP contribution is 2.30. The molecule has 0 amide bonds. The van der Waals surface area contributed by atoms with Crippen molar-refractivity contribution in [1.82, 2.24) is 4.98 Å². The van der Waals surface area contributed by atoms with Crippen LogP contribution < -0.4 is 4.72 Å². The van der Waals surface area contributed by atoms with Gasteiger partial charge in [0.2, 0.25) is 10.0 Å². The largest absolute Gasteiger partial charge is 0.477 e. The van der Waals surface area contributed by atoms with Crippen molar-refractivity contribution in [2.24, 2.45) is 5.92 Å². The molecular formula is C10H12N2O4S. The Morgan fingerprint density at radius 1 is 1.47 bits per heavy atom. The van der Waals surface area contributed by atoms with Gasteiger partial charge in [0.05, 0.1) is 17.6 Å². The van der Waals surface area contributed by atoms with Crippen molar-refractivity contribution in [3.63, 3.8) is 0 Å². The summed E-state index contributed by atoms with van der Waals surface area (Å²) in [5.74, 6) is -0.760. The van der Waals surface area contributed by atoms with E-state index in [1.807, 2.05) is 0 Å². The van der Waals surface area contributed by atoms with Gasteiger partial charge in [-0.2, -0.15) is 0 Å². The van der Waals surface area contributed by atoms with E-state index in [1.54, 1.807) is 0 Å². The molecule has 2 N–H and O–H groups in total. The molecule has 17 heavy (non-hydrogen) atoms. The Morgan fingerprint density at radius 2 is 2.18 bits per heavy atom. The van der Waals surface area contributed by atoms with Crippen LogP contribution >= 0.6 is 0 Å². The third-order valence-corrected chi connectivity index (χ3v) is 3.86. The minimum atomic E-state index is -3.34. The lowest BCUT2D eigenvalue weighted by Gasteiger charge is -2.06. The van der Waals surface area contributed by atoms with Gasteiger partial charge in [-0.05, 0) is 30.9 Å². The number of rotatable bonds is 5. The predicted octanol–water partition coefficient (Wildman–Crippen LogP) is 0.931. The first-order valence-corrected chi connectivity index (χ1v) is 6.81. The van der Waals surface area contributed by atoms with E-state index in [9.17, 15) is 13.2 Å². The topological polar surface area (TPSA) is 96.4 Å². The normalized spacial score (nSPS) is 15.5. The van der Waals surface area contributed by atoms with E-state index in [-0.39, 0.29) is 23.1 Å². The van der Waals surface area contributed by atoms with Gasteiger partial charge < -0.3 is 5.11 Å². The number of hydrogen-bond acceptors (Lipinski definition) is 4. The Balaban J connectivity index is 2.05. The molecule has 0 saturated heterocycles. The molecule has 0 spiro atoms. The zero-order valence-electron chi connectivity index (χ0n) is 8.96. The molecule has 1 aromatic rings. The van der Waals surface area contributed by atoms with Crippen LogP contribution in [0.5, 0.6) is 0 Å². The molecule has 1 heterocycles. The van der Waals surface area contributed by atoms with E-state index in [0.29, 0.717) is 0 Å². The number of anilines is 1. The van der Waals surface area contributed by atoms with Gasteiger partial charge >= 0.3 is 5.97 Å². The number of carboxylic acid groups (broad SMARTS) is 1. The van der Waals surface area contributed by atoms with Crippen LogP contribution in [-0.2, 0) is 10.0 Å². The molecule has 1 aliphatic rings. The van der Waals surface area contributed by atoms with Crippen molar-refractivity contribution >= 4 is 21.7 Å². The highest BCUT2D eigenvalue weighted by atomic mass is 32.2. The third-order valence-electron chi connectivity index (χ3n) is 2.41. The SMILES string of the molecule is O=C(O)c1ccc(NS(=O)(=O)CC2CC2)cn1. The Kier molecular flexibility index (Phi) is 3.01. The Labute approximate surface area is 98.7 Å². The molecule has 0 aliphatic heterocycles. The van der Waals surface area contributed by atoms with E-state index in [2.05, 4.69) is 9.71 Å². The molecule has 1 saturated carbocycles. The predicted molar refractivity (Wildman–Crippen MR) is 61.3 cm³/mol. The van der Waals surface area contributed by atoms with Gasteiger partial charge in [-0.1, -0.05) is 0 Å². The van der Waals surface area contributed by atoms with Crippen LogP contribution in [-0.4, -0.2) is 30.2 Å². The van der Waals surface area contributed by atoms with E-state index in [4.69, 9.17) is 5.11 Å². The maximum atomic E-state index is 11.6. The molecule has 92 valence electrons. The molecule has 0 bridgehead atoms. The van der Waals surface area contributed by atoms with Gasteiger partial charge in [-0.15, -0.1) is 0 Å². The smallest absolute Gasteiger partial charge is 0.354 e. The van der Waals surface area contributed by atoms with Gasteiger partial charge in [-0.3, -0.25) is 4.72 Å². The zero-order chi connectivity index (χ0) is 12.5. The first kappa shape index (κ1) is 11.8. The molecule has 1 aromatic heterocycles. The van der Waals surface area contributed by atoms with Crippen molar-refractivity contribution in [3.8, 4) is 0 Å². The number of carboxylic acids is 1. The van der Waals surface area contributed by atoms with Crippen LogP contribution in [0.25, 0.3) is 0 Å². The number of nitrogens with one attached hydrogen (secondary N) is 1. The number of aromatic nitrogens is 1. The summed E-state index contributed by atoms with van der Waals surface area (Å²) in [6, 6.07) is 2.65. The molecule has 1 aliphatic carbocycles. The Morgan fingerprint density at radius 3 is 2.65 bits per heavy atom. The first-order valence-electron chi connectivity index (χ1n) is 5.16. The lowest BCUT2D eigenvalue weighted by atomic mass is 10.3. The van der Waals surface area contributed by atoms with Crippen LogP contribution in [0.3, 0.4) is 0 Å². The maximum Gasteiger partial charge on any atom is 0.354 e. The summed E-state index contributed by atoms with van der Waals surface area (Å²) in [5, 5.41) is 8.63. The van der Waals surface area contributed by atoms with Crippen LogP contribution in [0.2, 0.25) is 0 Å². The number of nitrogens with zero attached hydrogens (tertiary/aromatic N) is 1. The van der Waals surface area contributed by atoms with Gasteiger partial charge in [0.15, 0.2) is 0 Å². The summed E-state index contributed by atoms with van der Waals surface area (Å²) >= 11 is 0. The lowest BCUT2D eigenvalue weighted by Crippen LogP contribution is -2.18. The van der Waals surface area contributed by atoms with Crippen LogP contribution in [0.15, 0.2) is 18.3 Å². The molecule has 0 radical (unpaired) electrons. The second-order valence-electron chi connectivity index (χ2n) is 4.06. The Hall–Kier alpha value is -1.63. The number of sulfonamides is 1. The van der Waals surface area contributed by atoms with Crippen LogP contribution in [0.1, 0.15) is 23.3 Å². The summed E-state index contributed by atoms with van der Waals surface area (Å²) in [5.41, 5.74) is 0.172. The second-order valence-corrected chi connectivity index (χ2v) is 5.83. The maximum absolute atomic E-state index is 11.6. The molecular weight excluding hydrogens is 244 g/mol. The monoisotopic (exact) mass is 256 g/mol. The summed E-state index contributed by atoms with van der Waals surface area (Å²) in [6.45, 7) is 0. The Bertz CT molecular complexity index is 520. The van der Waals surface area contributed by atoms with Gasteiger partial charge in [-0.25, -0.2) is 18.2 Å². The summed E-state index contributed by atoms with van der Waals surface area (Å²) in [6.07, 6.45) is 3.11. The standard InChI is InChI=1S/C10H12N2O4S/c13-10(14)9-4-3-8(5-11-9)12-17(15,16)6-7-1-2-7/h3-5,7,12H,1-2,6H2,(H,13,14). The van der Waals surface area contributed by atoms with E-state index < -0.39 is 16.0 Å². The first-order chi connectivity index (χ1) is 7.96. The zero-order valence-corrected chi connectivity index (χ0v) is 9.77. The highest BCUT2D eigenvalue weighted by molar-refractivity contribution is 7.92. The van der Waals surface area contributed by atoms with Crippen molar-refractivity contribution in [2.45, 2.75) is 12.8 Å². The highest BCUT2D eigenvalue weighted by Gasteiger charge is 2.27. The van der Waals surface area contributed by atoms with Gasteiger partial charge in [0.1, 0.15) is 5.69 Å². The van der Waals surface area contributed by atoms with Gasteiger partial charge in [0.25, 0.3) is 0 Å². The molecule has 7 heteroatoms. The number of aromatic carboxylic acids is 1. The van der Waals surface area contributed by atoms with Crippen LogP contribution in [0.4, 0.5) is 5.69 Å².